The van der Waals surface area contributed by atoms with Gasteiger partial charge in [-0.3, -0.25) is 0 Å². The van der Waals surface area contributed by atoms with Crippen molar-refractivity contribution in [3.8, 4) is 11.6 Å². The van der Waals surface area contributed by atoms with Gasteiger partial charge in [0.1, 0.15) is 18.4 Å². The molecule has 0 N–H and O–H groups in total. The van der Waals surface area contributed by atoms with Crippen LogP contribution < -0.4 is 4.74 Å². The maximum absolute atomic E-state index is 12.1. The average molecular weight is 335 g/mol. The van der Waals surface area contributed by atoms with Crippen molar-refractivity contribution in [3.63, 3.8) is 0 Å². The highest BCUT2D eigenvalue weighted by atomic mass is 35.5. The molecule has 0 saturated carbocycles. The third-order valence-corrected chi connectivity index (χ3v) is 3.26. The number of rotatable bonds is 3. The van der Waals surface area contributed by atoms with Crippen LogP contribution in [0.15, 0.2) is 49.2 Å². The van der Waals surface area contributed by atoms with Crippen LogP contribution in [0.3, 0.4) is 0 Å². The SMILES string of the molecule is O=C(Oc1ccc(Cl)cc1Cl)c1ccc(-n2cncn2)nc1. The van der Waals surface area contributed by atoms with Crippen molar-refractivity contribution >= 4 is 29.2 Å². The van der Waals surface area contributed by atoms with E-state index in [-0.39, 0.29) is 16.3 Å². The fourth-order valence-corrected chi connectivity index (χ4v) is 2.13. The summed E-state index contributed by atoms with van der Waals surface area (Å²) in [5, 5.41) is 4.66. The molecular weight excluding hydrogens is 327 g/mol. The highest BCUT2D eigenvalue weighted by molar-refractivity contribution is 6.35. The minimum Gasteiger partial charge on any atom is -0.421 e. The van der Waals surface area contributed by atoms with Crippen molar-refractivity contribution in [3.05, 3.63) is 64.8 Å². The molecule has 0 aliphatic rings. The number of halogens is 2. The van der Waals surface area contributed by atoms with E-state index in [1.165, 1.54) is 35.7 Å². The number of hydrogen-bond donors (Lipinski definition) is 0. The molecule has 0 saturated heterocycles. The molecule has 0 amide bonds. The Balaban J connectivity index is 1.77. The Morgan fingerprint density at radius 2 is 2.05 bits per heavy atom. The quantitative estimate of drug-likeness (QED) is 0.543. The molecule has 0 fully saturated rings. The van der Waals surface area contributed by atoms with E-state index in [1.807, 2.05) is 0 Å². The Morgan fingerprint density at radius 3 is 2.68 bits per heavy atom. The third-order valence-electron chi connectivity index (χ3n) is 2.73. The van der Waals surface area contributed by atoms with Gasteiger partial charge in [0.25, 0.3) is 0 Å². The Hall–Kier alpha value is -2.44. The normalized spacial score (nSPS) is 10.5. The number of aromatic nitrogens is 4. The average Bonchev–Trinajstić information content (AvgIpc) is 3.04. The molecule has 0 atom stereocenters. The Morgan fingerprint density at radius 1 is 1.18 bits per heavy atom. The lowest BCUT2D eigenvalue weighted by Crippen LogP contribution is -2.10. The monoisotopic (exact) mass is 334 g/mol. The van der Waals surface area contributed by atoms with E-state index in [9.17, 15) is 4.79 Å². The van der Waals surface area contributed by atoms with Gasteiger partial charge in [0.05, 0.1) is 10.6 Å². The van der Waals surface area contributed by atoms with Crippen molar-refractivity contribution in [1.82, 2.24) is 19.7 Å². The molecule has 3 rings (SSSR count). The number of carbonyl (C=O) groups is 1. The molecule has 8 heteroatoms. The second-order valence-electron chi connectivity index (χ2n) is 4.21. The zero-order valence-electron chi connectivity index (χ0n) is 11.0. The van der Waals surface area contributed by atoms with Crippen LogP contribution in [0.25, 0.3) is 5.82 Å². The minimum atomic E-state index is -0.568. The molecular formula is C14H8Cl2N4O2. The predicted octanol–water partition coefficient (Wildman–Crippen LogP) is 3.19. The molecule has 2 heterocycles. The summed E-state index contributed by atoms with van der Waals surface area (Å²) in [5.74, 6) is 0.205. The number of hydrogen-bond acceptors (Lipinski definition) is 5. The number of benzene rings is 1. The second-order valence-corrected chi connectivity index (χ2v) is 5.05. The Kier molecular flexibility index (Phi) is 4.04. The van der Waals surface area contributed by atoms with Gasteiger partial charge in [-0.05, 0) is 30.3 Å². The largest absolute Gasteiger partial charge is 0.421 e. The Bertz CT molecular complexity index is 804. The van der Waals surface area contributed by atoms with Crippen LogP contribution in [-0.4, -0.2) is 25.7 Å². The molecule has 22 heavy (non-hydrogen) atoms. The van der Waals surface area contributed by atoms with Crippen LogP contribution in [0.5, 0.6) is 5.75 Å². The highest BCUT2D eigenvalue weighted by Gasteiger charge is 2.12. The third kappa shape index (κ3) is 3.08. The van der Waals surface area contributed by atoms with Gasteiger partial charge in [-0.1, -0.05) is 23.2 Å². The minimum absolute atomic E-state index is 0.233. The zero-order valence-corrected chi connectivity index (χ0v) is 12.5. The van der Waals surface area contributed by atoms with E-state index in [0.717, 1.165) is 0 Å². The highest BCUT2D eigenvalue weighted by Crippen LogP contribution is 2.28. The second kappa shape index (κ2) is 6.13. The van der Waals surface area contributed by atoms with Crippen LogP contribution >= 0.6 is 23.2 Å². The standard InChI is InChI=1S/C14H8Cl2N4O2/c15-10-2-3-12(11(16)5-10)22-14(21)9-1-4-13(18-6-9)20-8-17-7-19-20/h1-8H. The summed E-state index contributed by atoms with van der Waals surface area (Å²) in [4.78, 5) is 20.0. The van der Waals surface area contributed by atoms with E-state index in [2.05, 4.69) is 15.1 Å². The summed E-state index contributed by atoms with van der Waals surface area (Å²) in [6.45, 7) is 0. The van der Waals surface area contributed by atoms with E-state index in [0.29, 0.717) is 10.8 Å². The molecule has 3 aromatic rings. The fraction of sp³-hybridized carbons (Fsp3) is 0. The van der Waals surface area contributed by atoms with E-state index < -0.39 is 5.97 Å². The van der Waals surface area contributed by atoms with Crippen LogP contribution in [-0.2, 0) is 0 Å². The molecule has 0 aliphatic carbocycles. The van der Waals surface area contributed by atoms with Crippen molar-refractivity contribution in [2.24, 2.45) is 0 Å². The first kappa shape index (κ1) is 14.5. The molecule has 0 unspecified atom stereocenters. The van der Waals surface area contributed by atoms with Crippen molar-refractivity contribution in [2.75, 3.05) is 0 Å². The molecule has 0 spiro atoms. The van der Waals surface area contributed by atoms with Gasteiger partial charge in [0.15, 0.2) is 5.82 Å². The summed E-state index contributed by atoms with van der Waals surface area (Å²) < 4.78 is 6.69. The molecule has 110 valence electrons. The molecule has 1 aromatic carbocycles. The first-order chi connectivity index (χ1) is 10.6. The lowest BCUT2D eigenvalue weighted by Gasteiger charge is -2.06. The maximum Gasteiger partial charge on any atom is 0.345 e. The van der Waals surface area contributed by atoms with Crippen molar-refractivity contribution in [1.29, 1.82) is 0 Å². The van der Waals surface area contributed by atoms with Crippen LogP contribution in [0, 0.1) is 0 Å². The zero-order chi connectivity index (χ0) is 15.5. The maximum atomic E-state index is 12.1. The first-order valence-corrected chi connectivity index (χ1v) is 6.87. The molecule has 6 nitrogen and oxygen atoms in total. The van der Waals surface area contributed by atoms with E-state index in [4.69, 9.17) is 27.9 Å². The first-order valence-electron chi connectivity index (χ1n) is 6.12. The van der Waals surface area contributed by atoms with Gasteiger partial charge in [-0.2, -0.15) is 5.10 Å². The fourth-order valence-electron chi connectivity index (χ4n) is 1.69. The topological polar surface area (TPSA) is 69.9 Å². The van der Waals surface area contributed by atoms with E-state index in [1.54, 1.807) is 18.2 Å². The van der Waals surface area contributed by atoms with Crippen molar-refractivity contribution in [2.45, 2.75) is 0 Å². The van der Waals surface area contributed by atoms with Crippen LogP contribution in [0.1, 0.15) is 10.4 Å². The molecule has 0 aliphatic heterocycles. The van der Waals surface area contributed by atoms with Crippen molar-refractivity contribution < 1.29 is 9.53 Å². The van der Waals surface area contributed by atoms with Gasteiger partial charge < -0.3 is 4.74 Å². The van der Waals surface area contributed by atoms with E-state index >= 15 is 0 Å². The number of esters is 1. The number of ether oxygens (including phenoxy) is 1. The molecule has 2 aromatic heterocycles. The van der Waals surface area contributed by atoms with Gasteiger partial charge in [0.2, 0.25) is 0 Å². The van der Waals surface area contributed by atoms with Gasteiger partial charge >= 0.3 is 5.97 Å². The lowest BCUT2D eigenvalue weighted by atomic mass is 10.3. The number of carbonyl (C=O) groups excluding carboxylic acids is 1. The summed E-state index contributed by atoms with van der Waals surface area (Å²) in [7, 11) is 0. The van der Waals surface area contributed by atoms with Crippen LogP contribution in [0.4, 0.5) is 0 Å². The lowest BCUT2D eigenvalue weighted by molar-refractivity contribution is 0.0734. The van der Waals surface area contributed by atoms with Crippen LogP contribution in [0.2, 0.25) is 10.0 Å². The number of pyridine rings is 1. The summed E-state index contributed by atoms with van der Waals surface area (Å²) in [6, 6.07) is 7.82. The summed E-state index contributed by atoms with van der Waals surface area (Å²) >= 11 is 11.7. The summed E-state index contributed by atoms with van der Waals surface area (Å²) in [5.41, 5.74) is 0.287. The smallest absolute Gasteiger partial charge is 0.345 e. The predicted molar refractivity (Wildman–Crippen MR) is 80.6 cm³/mol. The van der Waals surface area contributed by atoms with Gasteiger partial charge in [0, 0.05) is 11.2 Å². The molecule has 0 bridgehead atoms. The number of nitrogens with zero attached hydrogens (tertiary/aromatic N) is 4. The molecule has 0 radical (unpaired) electrons. The van der Waals surface area contributed by atoms with Gasteiger partial charge in [-0.25, -0.2) is 19.4 Å². The Labute approximate surface area is 135 Å². The summed E-state index contributed by atoms with van der Waals surface area (Å²) in [6.07, 6.45) is 4.30. The van der Waals surface area contributed by atoms with Gasteiger partial charge in [-0.15, -0.1) is 0 Å².